The summed E-state index contributed by atoms with van der Waals surface area (Å²) in [6.07, 6.45) is 14.8. The first-order valence-corrected chi connectivity index (χ1v) is 7.68. The van der Waals surface area contributed by atoms with Gasteiger partial charge in [0.1, 0.15) is 6.23 Å². The Hall–Kier alpha value is -0.0800. The van der Waals surface area contributed by atoms with Gasteiger partial charge in [0.2, 0.25) is 0 Å². The highest BCUT2D eigenvalue weighted by Crippen LogP contribution is 2.10. The maximum atomic E-state index is 9.00. The highest BCUT2D eigenvalue weighted by Gasteiger charge is 1.94. The summed E-state index contributed by atoms with van der Waals surface area (Å²) in [4.78, 5) is 0. The van der Waals surface area contributed by atoms with Gasteiger partial charge in [-0.05, 0) is 19.9 Å². The third-order valence-electron chi connectivity index (χ3n) is 3.22. The molecule has 0 saturated carbocycles. The summed E-state index contributed by atoms with van der Waals surface area (Å²) < 4.78 is 0. The molecule has 0 aromatic heterocycles. The monoisotopic (exact) mass is 243 g/mol. The number of hydrogen-bond acceptors (Lipinski definition) is 2. The minimum Gasteiger partial charge on any atom is -0.379 e. The molecule has 104 valence electrons. The summed E-state index contributed by atoms with van der Waals surface area (Å²) in [5, 5.41) is 12.0. The van der Waals surface area contributed by atoms with Gasteiger partial charge in [-0.3, -0.25) is 5.32 Å². The van der Waals surface area contributed by atoms with Crippen molar-refractivity contribution in [3.05, 3.63) is 0 Å². The van der Waals surface area contributed by atoms with Crippen LogP contribution in [0.5, 0.6) is 0 Å². The number of rotatable bonds is 13. The van der Waals surface area contributed by atoms with Crippen molar-refractivity contribution < 1.29 is 5.11 Å². The smallest absolute Gasteiger partial charge is 0.102 e. The number of nitrogens with one attached hydrogen (secondary N) is 1. The van der Waals surface area contributed by atoms with Crippen LogP contribution in [0.2, 0.25) is 0 Å². The lowest BCUT2D eigenvalue weighted by Gasteiger charge is -2.06. The third kappa shape index (κ3) is 15.9. The van der Waals surface area contributed by atoms with Crippen molar-refractivity contribution in [2.24, 2.45) is 0 Å². The molecule has 17 heavy (non-hydrogen) atoms. The molecule has 0 heterocycles. The lowest BCUT2D eigenvalue weighted by molar-refractivity contribution is 0.156. The Morgan fingerprint density at radius 1 is 0.765 bits per heavy atom. The van der Waals surface area contributed by atoms with Crippen molar-refractivity contribution in [3.8, 4) is 0 Å². The highest BCUT2D eigenvalue weighted by molar-refractivity contribution is 4.50. The zero-order valence-corrected chi connectivity index (χ0v) is 12.0. The number of hydrogen-bond donors (Lipinski definition) is 2. The maximum Gasteiger partial charge on any atom is 0.102 e. The molecular weight excluding hydrogens is 210 g/mol. The van der Waals surface area contributed by atoms with Crippen molar-refractivity contribution in [1.29, 1.82) is 0 Å². The molecule has 0 bridgehead atoms. The van der Waals surface area contributed by atoms with Gasteiger partial charge in [0.15, 0.2) is 0 Å². The molecule has 0 aromatic rings. The fraction of sp³-hybridized carbons (Fsp3) is 1.00. The summed E-state index contributed by atoms with van der Waals surface area (Å²) in [7, 11) is 0. The van der Waals surface area contributed by atoms with E-state index in [1.165, 1.54) is 70.6 Å². The predicted molar refractivity (Wildman–Crippen MR) is 76.1 cm³/mol. The summed E-state index contributed by atoms with van der Waals surface area (Å²) in [6.45, 7) is 5.00. The molecule has 0 aliphatic rings. The van der Waals surface area contributed by atoms with Crippen LogP contribution in [0.1, 0.15) is 84.5 Å². The van der Waals surface area contributed by atoms with Crippen LogP contribution in [-0.4, -0.2) is 17.9 Å². The molecule has 0 aromatic carbocycles. The molecule has 0 radical (unpaired) electrons. The third-order valence-corrected chi connectivity index (χ3v) is 3.22. The molecule has 1 unspecified atom stereocenters. The second-order valence-electron chi connectivity index (χ2n) is 5.17. The lowest BCUT2D eigenvalue weighted by Crippen LogP contribution is -2.26. The molecule has 0 fully saturated rings. The van der Waals surface area contributed by atoms with Crippen LogP contribution in [0.4, 0.5) is 0 Å². The van der Waals surface area contributed by atoms with Crippen molar-refractivity contribution in [2.75, 3.05) is 6.54 Å². The minimum atomic E-state index is -0.349. The van der Waals surface area contributed by atoms with E-state index in [-0.39, 0.29) is 6.23 Å². The first-order valence-electron chi connectivity index (χ1n) is 7.68. The number of unbranched alkanes of at least 4 members (excludes halogenated alkanes) is 10. The van der Waals surface area contributed by atoms with Gasteiger partial charge in [0, 0.05) is 0 Å². The lowest BCUT2D eigenvalue weighted by atomic mass is 10.1. The van der Waals surface area contributed by atoms with Crippen molar-refractivity contribution in [3.63, 3.8) is 0 Å². The predicted octanol–water partition coefficient (Wildman–Crippen LogP) is 4.23. The van der Waals surface area contributed by atoms with Crippen LogP contribution in [0.3, 0.4) is 0 Å². The molecule has 0 rings (SSSR count). The van der Waals surface area contributed by atoms with Gasteiger partial charge >= 0.3 is 0 Å². The Morgan fingerprint density at radius 3 is 1.59 bits per heavy atom. The Balaban J connectivity index is 2.89. The minimum absolute atomic E-state index is 0.349. The fourth-order valence-electron chi connectivity index (χ4n) is 2.10. The molecule has 2 nitrogen and oxygen atoms in total. The topological polar surface area (TPSA) is 32.3 Å². The van der Waals surface area contributed by atoms with Crippen molar-refractivity contribution in [1.82, 2.24) is 5.32 Å². The normalized spacial score (nSPS) is 12.9. The highest BCUT2D eigenvalue weighted by atomic mass is 16.3. The molecule has 1 atom stereocenters. The van der Waals surface area contributed by atoms with E-state index in [9.17, 15) is 0 Å². The largest absolute Gasteiger partial charge is 0.379 e. The fourth-order valence-corrected chi connectivity index (χ4v) is 2.10. The molecule has 0 aliphatic heterocycles. The summed E-state index contributed by atoms with van der Waals surface area (Å²) in [5.74, 6) is 0. The number of aliphatic hydroxyl groups is 1. The van der Waals surface area contributed by atoms with Crippen LogP contribution >= 0.6 is 0 Å². The molecular formula is C15H33NO. The maximum absolute atomic E-state index is 9.00. The van der Waals surface area contributed by atoms with E-state index in [1.54, 1.807) is 6.92 Å². The van der Waals surface area contributed by atoms with Gasteiger partial charge < -0.3 is 5.11 Å². The molecule has 2 heteroatoms. The Bertz CT molecular complexity index is 137. The van der Waals surface area contributed by atoms with E-state index < -0.39 is 0 Å². The number of aliphatic hydroxyl groups excluding tert-OH is 1. The first-order chi connectivity index (χ1) is 8.27. The van der Waals surface area contributed by atoms with Crippen LogP contribution < -0.4 is 5.32 Å². The standard InChI is InChI=1S/C15H33NO/c1-3-4-5-6-7-8-9-10-11-12-13-14-16-15(2)17/h15-17H,3-14H2,1-2H3. The summed E-state index contributed by atoms with van der Waals surface area (Å²) in [5.41, 5.74) is 0. The van der Waals surface area contributed by atoms with E-state index in [0.29, 0.717) is 0 Å². The molecule has 0 spiro atoms. The van der Waals surface area contributed by atoms with Gasteiger partial charge in [-0.1, -0.05) is 71.1 Å². The molecule has 2 N–H and O–H groups in total. The second kappa shape index (κ2) is 14.0. The SMILES string of the molecule is CCCCCCCCCCCCCNC(C)O. The van der Waals surface area contributed by atoms with Crippen molar-refractivity contribution in [2.45, 2.75) is 90.7 Å². The van der Waals surface area contributed by atoms with Gasteiger partial charge in [0.05, 0.1) is 0 Å². The van der Waals surface area contributed by atoms with Crippen molar-refractivity contribution >= 4 is 0 Å². The van der Waals surface area contributed by atoms with E-state index in [2.05, 4.69) is 12.2 Å². The van der Waals surface area contributed by atoms with E-state index >= 15 is 0 Å². The van der Waals surface area contributed by atoms with E-state index in [0.717, 1.165) is 6.54 Å². The Labute approximate surface area is 108 Å². The zero-order valence-electron chi connectivity index (χ0n) is 12.0. The van der Waals surface area contributed by atoms with Crippen LogP contribution in [0.15, 0.2) is 0 Å². The average molecular weight is 243 g/mol. The van der Waals surface area contributed by atoms with Crippen LogP contribution in [0.25, 0.3) is 0 Å². The van der Waals surface area contributed by atoms with Crippen LogP contribution in [-0.2, 0) is 0 Å². The molecule has 0 amide bonds. The summed E-state index contributed by atoms with van der Waals surface area (Å²) in [6, 6.07) is 0. The van der Waals surface area contributed by atoms with Gasteiger partial charge in [0.25, 0.3) is 0 Å². The van der Waals surface area contributed by atoms with Gasteiger partial charge in [-0.15, -0.1) is 0 Å². The zero-order chi connectivity index (χ0) is 12.8. The molecule has 0 saturated heterocycles. The van der Waals surface area contributed by atoms with E-state index in [4.69, 9.17) is 5.11 Å². The first kappa shape index (κ1) is 16.9. The average Bonchev–Trinajstić information content (AvgIpc) is 2.30. The Morgan fingerprint density at radius 2 is 1.18 bits per heavy atom. The van der Waals surface area contributed by atoms with Gasteiger partial charge in [-0.2, -0.15) is 0 Å². The quantitative estimate of drug-likeness (QED) is 0.375. The second-order valence-corrected chi connectivity index (χ2v) is 5.17. The molecule has 0 aliphatic carbocycles. The van der Waals surface area contributed by atoms with Crippen LogP contribution in [0, 0.1) is 0 Å². The summed E-state index contributed by atoms with van der Waals surface area (Å²) >= 11 is 0. The van der Waals surface area contributed by atoms with E-state index in [1.807, 2.05) is 0 Å². The van der Waals surface area contributed by atoms with Gasteiger partial charge in [-0.25, -0.2) is 0 Å². The Kier molecular flexibility index (Phi) is 13.9.